The molecule has 0 aliphatic carbocycles. The number of carboxylic acids is 1. The zero-order valence-electron chi connectivity index (χ0n) is 8.32. The number of aliphatic carboxylic acids is 1. The summed E-state index contributed by atoms with van der Waals surface area (Å²) in [4.78, 5) is 14.5. The Morgan fingerprint density at radius 2 is 2.06 bits per heavy atom. The van der Waals surface area contributed by atoms with Gasteiger partial charge in [-0.1, -0.05) is 12.1 Å². The van der Waals surface area contributed by atoms with E-state index in [0.717, 1.165) is 5.69 Å². The molecule has 0 aliphatic heterocycles. The van der Waals surface area contributed by atoms with Gasteiger partial charge >= 0.3 is 5.97 Å². The second-order valence-corrected chi connectivity index (χ2v) is 3.25. The van der Waals surface area contributed by atoms with Crippen LogP contribution in [0.25, 0.3) is 5.69 Å². The number of nitrogens with two attached hydrogens (primary N) is 1. The SMILES string of the molecule is NC(C(=O)O)c1ccc(-n2cncn2)cc1. The second kappa shape index (κ2) is 4.11. The van der Waals surface area contributed by atoms with Gasteiger partial charge in [0.1, 0.15) is 18.7 Å². The first kappa shape index (κ1) is 10.3. The Hall–Kier alpha value is -2.21. The predicted molar refractivity (Wildman–Crippen MR) is 55.9 cm³/mol. The maximum absolute atomic E-state index is 10.7. The largest absolute Gasteiger partial charge is 0.480 e. The van der Waals surface area contributed by atoms with Gasteiger partial charge in [-0.25, -0.2) is 9.67 Å². The van der Waals surface area contributed by atoms with Crippen LogP contribution < -0.4 is 5.73 Å². The van der Waals surface area contributed by atoms with Crippen LogP contribution >= 0.6 is 0 Å². The highest BCUT2D eigenvalue weighted by atomic mass is 16.4. The average molecular weight is 218 g/mol. The molecule has 1 atom stereocenters. The Morgan fingerprint density at radius 3 is 2.56 bits per heavy atom. The van der Waals surface area contributed by atoms with E-state index in [9.17, 15) is 4.79 Å². The van der Waals surface area contributed by atoms with Crippen molar-refractivity contribution in [2.24, 2.45) is 5.73 Å². The normalized spacial score (nSPS) is 12.3. The van der Waals surface area contributed by atoms with Crippen molar-refractivity contribution in [1.82, 2.24) is 14.8 Å². The molecule has 0 saturated carbocycles. The van der Waals surface area contributed by atoms with Crippen molar-refractivity contribution in [2.45, 2.75) is 6.04 Å². The summed E-state index contributed by atoms with van der Waals surface area (Å²) in [6.07, 6.45) is 2.99. The van der Waals surface area contributed by atoms with E-state index in [1.165, 1.54) is 6.33 Å². The highest BCUT2D eigenvalue weighted by Crippen LogP contribution is 2.13. The Morgan fingerprint density at radius 1 is 1.38 bits per heavy atom. The molecule has 0 fully saturated rings. The van der Waals surface area contributed by atoms with Crippen LogP contribution in [0.15, 0.2) is 36.9 Å². The van der Waals surface area contributed by atoms with Crippen LogP contribution in [0.1, 0.15) is 11.6 Å². The quantitative estimate of drug-likeness (QED) is 0.775. The van der Waals surface area contributed by atoms with Gasteiger partial charge in [-0.2, -0.15) is 5.10 Å². The lowest BCUT2D eigenvalue weighted by molar-refractivity contribution is -0.138. The van der Waals surface area contributed by atoms with Crippen molar-refractivity contribution in [3.8, 4) is 5.69 Å². The van der Waals surface area contributed by atoms with Crippen molar-refractivity contribution < 1.29 is 9.90 Å². The number of carboxylic acid groups (broad SMARTS) is 1. The Bertz CT molecular complexity index is 478. The molecule has 1 aromatic heterocycles. The van der Waals surface area contributed by atoms with E-state index in [2.05, 4.69) is 10.1 Å². The molecule has 0 spiro atoms. The number of hydrogen-bond acceptors (Lipinski definition) is 4. The summed E-state index contributed by atoms with van der Waals surface area (Å²) in [6.45, 7) is 0. The third-order valence-electron chi connectivity index (χ3n) is 2.20. The third-order valence-corrected chi connectivity index (χ3v) is 2.20. The Kier molecular flexibility index (Phi) is 2.65. The topological polar surface area (TPSA) is 94.0 Å². The predicted octanol–water partition coefficient (Wildman–Crippen LogP) is 0.352. The molecule has 82 valence electrons. The summed E-state index contributed by atoms with van der Waals surface area (Å²) in [5.41, 5.74) is 6.83. The lowest BCUT2D eigenvalue weighted by Crippen LogP contribution is -2.20. The molecule has 1 aromatic carbocycles. The smallest absolute Gasteiger partial charge is 0.325 e. The van der Waals surface area contributed by atoms with Crippen molar-refractivity contribution in [1.29, 1.82) is 0 Å². The van der Waals surface area contributed by atoms with Crippen molar-refractivity contribution >= 4 is 5.97 Å². The van der Waals surface area contributed by atoms with Crippen molar-refractivity contribution in [3.05, 3.63) is 42.5 Å². The third kappa shape index (κ3) is 1.91. The van der Waals surface area contributed by atoms with E-state index >= 15 is 0 Å². The van der Waals surface area contributed by atoms with Crippen molar-refractivity contribution in [2.75, 3.05) is 0 Å². The molecule has 16 heavy (non-hydrogen) atoms. The molecular formula is C10H10N4O2. The van der Waals surface area contributed by atoms with E-state index in [4.69, 9.17) is 10.8 Å². The lowest BCUT2D eigenvalue weighted by Gasteiger charge is -2.07. The van der Waals surface area contributed by atoms with Crippen LogP contribution in [0.3, 0.4) is 0 Å². The summed E-state index contributed by atoms with van der Waals surface area (Å²) >= 11 is 0. The maximum Gasteiger partial charge on any atom is 0.325 e. The molecule has 6 heteroatoms. The minimum Gasteiger partial charge on any atom is -0.480 e. The van der Waals surface area contributed by atoms with Gasteiger partial charge in [-0.3, -0.25) is 4.79 Å². The van der Waals surface area contributed by atoms with Crippen LogP contribution in [0.4, 0.5) is 0 Å². The highest BCUT2D eigenvalue weighted by molar-refractivity contribution is 5.75. The van der Waals surface area contributed by atoms with Gasteiger partial charge in [0.25, 0.3) is 0 Å². The fraction of sp³-hybridized carbons (Fsp3) is 0.100. The van der Waals surface area contributed by atoms with Gasteiger partial charge in [0.05, 0.1) is 5.69 Å². The van der Waals surface area contributed by atoms with Crippen LogP contribution in [0.2, 0.25) is 0 Å². The lowest BCUT2D eigenvalue weighted by atomic mass is 10.1. The van der Waals surface area contributed by atoms with E-state index in [0.29, 0.717) is 5.56 Å². The summed E-state index contributed by atoms with van der Waals surface area (Å²) < 4.78 is 1.58. The maximum atomic E-state index is 10.7. The van der Waals surface area contributed by atoms with Gasteiger partial charge < -0.3 is 10.8 Å². The van der Waals surface area contributed by atoms with Crippen LogP contribution in [-0.4, -0.2) is 25.8 Å². The molecule has 6 nitrogen and oxygen atoms in total. The summed E-state index contributed by atoms with van der Waals surface area (Å²) in [6, 6.07) is 5.82. The van der Waals surface area contributed by atoms with Gasteiger partial charge in [0.2, 0.25) is 0 Å². The summed E-state index contributed by atoms with van der Waals surface area (Å²) in [5, 5.41) is 12.7. The average Bonchev–Trinajstić information content (AvgIpc) is 2.81. The minimum absolute atomic E-state index is 0.552. The van der Waals surface area contributed by atoms with E-state index in [-0.39, 0.29) is 0 Å². The van der Waals surface area contributed by atoms with Gasteiger partial charge in [-0.15, -0.1) is 0 Å². The standard InChI is InChI=1S/C10H10N4O2/c11-9(10(15)16)7-1-3-8(4-2-7)14-6-12-5-13-14/h1-6,9H,11H2,(H,15,16). The van der Waals surface area contributed by atoms with Crippen LogP contribution in [-0.2, 0) is 4.79 Å². The van der Waals surface area contributed by atoms with Crippen LogP contribution in [0.5, 0.6) is 0 Å². The molecule has 1 heterocycles. The monoisotopic (exact) mass is 218 g/mol. The summed E-state index contributed by atoms with van der Waals surface area (Å²) in [7, 11) is 0. The molecule has 2 aromatic rings. The second-order valence-electron chi connectivity index (χ2n) is 3.25. The molecule has 0 bridgehead atoms. The number of benzene rings is 1. The zero-order chi connectivity index (χ0) is 11.5. The Labute approximate surface area is 91.3 Å². The molecule has 1 unspecified atom stereocenters. The van der Waals surface area contributed by atoms with Crippen molar-refractivity contribution in [3.63, 3.8) is 0 Å². The number of hydrogen-bond donors (Lipinski definition) is 2. The molecule has 0 aliphatic rings. The summed E-state index contributed by atoms with van der Waals surface area (Å²) in [5.74, 6) is -1.05. The van der Waals surface area contributed by atoms with Gasteiger partial charge in [0.15, 0.2) is 0 Å². The molecule has 0 radical (unpaired) electrons. The zero-order valence-corrected chi connectivity index (χ0v) is 8.32. The Balaban J connectivity index is 2.26. The molecule has 0 amide bonds. The molecular weight excluding hydrogens is 208 g/mol. The fourth-order valence-electron chi connectivity index (χ4n) is 1.32. The number of rotatable bonds is 3. The number of nitrogens with zero attached hydrogens (tertiary/aromatic N) is 3. The molecule has 2 rings (SSSR count). The first-order chi connectivity index (χ1) is 7.68. The minimum atomic E-state index is -1.05. The van der Waals surface area contributed by atoms with E-state index in [1.807, 2.05) is 0 Å². The fourth-order valence-corrected chi connectivity index (χ4v) is 1.32. The molecule has 0 saturated heterocycles. The highest BCUT2D eigenvalue weighted by Gasteiger charge is 2.13. The van der Waals surface area contributed by atoms with E-state index < -0.39 is 12.0 Å². The number of carbonyl (C=O) groups is 1. The first-order valence-corrected chi connectivity index (χ1v) is 4.62. The van der Waals surface area contributed by atoms with Crippen LogP contribution in [0, 0.1) is 0 Å². The van der Waals surface area contributed by atoms with E-state index in [1.54, 1.807) is 35.3 Å². The van der Waals surface area contributed by atoms with Gasteiger partial charge in [-0.05, 0) is 17.7 Å². The molecule has 3 N–H and O–H groups in total. The van der Waals surface area contributed by atoms with Gasteiger partial charge in [0, 0.05) is 0 Å². The first-order valence-electron chi connectivity index (χ1n) is 4.62. The number of aromatic nitrogens is 3.